The highest BCUT2D eigenvalue weighted by Crippen LogP contribution is 2.65. The van der Waals surface area contributed by atoms with Crippen molar-refractivity contribution in [2.45, 2.75) is 160 Å². The van der Waals surface area contributed by atoms with Gasteiger partial charge in [0.25, 0.3) is 0 Å². The largest absolute Gasteiger partial charge is 0.394 e. The van der Waals surface area contributed by atoms with Gasteiger partial charge in [-0.1, -0.05) is 46.3 Å². The van der Waals surface area contributed by atoms with Gasteiger partial charge in [0.15, 0.2) is 12.6 Å². The Hall–Kier alpha value is -1.03. The first-order valence-corrected chi connectivity index (χ1v) is 19.7. The second-order valence-electron chi connectivity index (χ2n) is 17.5. The highest BCUT2D eigenvalue weighted by molar-refractivity contribution is 5.84. The predicted molar refractivity (Wildman–Crippen MR) is 185 cm³/mol. The quantitative estimate of drug-likeness (QED) is 0.154. The van der Waals surface area contributed by atoms with Crippen LogP contribution >= 0.6 is 0 Å². The molecule has 6 rings (SSSR count). The van der Waals surface area contributed by atoms with Crippen LogP contribution in [0.25, 0.3) is 0 Å². The van der Waals surface area contributed by atoms with Gasteiger partial charge in [0, 0.05) is 12.3 Å². The molecular formula is C39H64O12. The Kier molecular flexibility index (Phi) is 12.4. The van der Waals surface area contributed by atoms with Crippen LogP contribution in [0.15, 0.2) is 11.6 Å². The van der Waals surface area contributed by atoms with E-state index in [0.717, 1.165) is 32.1 Å². The maximum absolute atomic E-state index is 12.5. The number of carbonyl (C=O) groups excluding carboxylic acids is 1. The lowest BCUT2D eigenvalue weighted by Crippen LogP contribution is -2.62. The topological polar surface area (TPSA) is 196 Å². The van der Waals surface area contributed by atoms with Crippen molar-refractivity contribution in [1.82, 2.24) is 0 Å². The van der Waals surface area contributed by atoms with E-state index in [1.165, 1.54) is 31.3 Å². The van der Waals surface area contributed by atoms with Crippen LogP contribution in [-0.4, -0.2) is 122 Å². The maximum Gasteiger partial charge on any atom is 0.186 e. The lowest BCUT2D eigenvalue weighted by atomic mass is 9.50. The van der Waals surface area contributed by atoms with Gasteiger partial charge in [0.2, 0.25) is 0 Å². The van der Waals surface area contributed by atoms with Crippen LogP contribution in [0.4, 0.5) is 0 Å². The Bertz CT molecular complexity index is 1230. The van der Waals surface area contributed by atoms with Gasteiger partial charge in [-0.05, 0) is 98.2 Å². The molecule has 3 saturated carbocycles. The fraction of sp³-hybridized carbons (Fsp3) is 0.923. The van der Waals surface area contributed by atoms with Crippen LogP contribution in [0, 0.1) is 52.8 Å². The third-order valence-corrected chi connectivity index (χ3v) is 14.4. The smallest absolute Gasteiger partial charge is 0.186 e. The molecule has 4 aliphatic carbocycles. The molecule has 0 bridgehead atoms. The second kappa shape index (κ2) is 16.0. The van der Waals surface area contributed by atoms with Gasteiger partial charge in [0.05, 0.1) is 19.3 Å². The summed E-state index contributed by atoms with van der Waals surface area (Å²) in [6.45, 7) is 10.1. The predicted octanol–water partition coefficient (Wildman–Crippen LogP) is 2.07. The minimum Gasteiger partial charge on any atom is -0.394 e. The number of ether oxygens (including phenoxy) is 4. The van der Waals surface area contributed by atoms with E-state index in [1.807, 2.05) is 13.8 Å². The summed E-state index contributed by atoms with van der Waals surface area (Å²) < 4.78 is 23.3. The molecule has 6 aliphatic rings. The van der Waals surface area contributed by atoms with Crippen LogP contribution in [0.1, 0.15) is 92.4 Å². The molecule has 2 heterocycles. The van der Waals surface area contributed by atoms with Crippen molar-refractivity contribution in [3.63, 3.8) is 0 Å². The minimum atomic E-state index is -1.63. The Morgan fingerprint density at radius 1 is 0.843 bits per heavy atom. The van der Waals surface area contributed by atoms with E-state index >= 15 is 0 Å². The Labute approximate surface area is 302 Å². The SMILES string of the molecule is CC(C)C(CC[C@@H](C)[C@H]1CC[C@H]2[C@@H]3CC=C4C(CCC(=O)[C@H]4C)[C@@H]3CC[C@]12C)O[C@@H]1O[C@H](CO[C@@H]2O[C@H](CO)[C@@H](O)[C@H](O)[C@H]2O)[C@@H](O)[C@H](O)[C@H]1O. The number of allylic oxidation sites excluding steroid dienone is 2. The van der Waals surface area contributed by atoms with E-state index in [9.17, 15) is 40.5 Å². The molecule has 2 aliphatic heterocycles. The van der Waals surface area contributed by atoms with Gasteiger partial charge in [-0.3, -0.25) is 4.79 Å². The van der Waals surface area contributed by atoms with Crippen molar-refractivity contribution in [2.24, 2.45) is 52.8 Å². The molecule has 0 aromatic carbocycles. The normalized spacial score (nSPS) is 48.4. The number of carbonyl (C=O) groups is 1. The summed E-state index contributed by atoms with van der Waals surface area (Å²) in [5, 5.41) is 72.3. The molecule has 7 N–H and O–H groups in total. The molecule has 292 valence electrons. The van der Waals surface area contributed by atoms with Crippen molar-refractivity contribution in [1.29, 1.82) is 0 Å². The molecule has 0 aromatic rings. The molecular weight excluding hydrogens is 660 g/mol. The van der Waals surface area contributed by atoms with Crippen molar-refractivity contribution >= 4 is 5.78 Å². The highest BCUT2D eigenvalue weighted by Gasteiger charge is 2.57. The lowest BCUT2D eigenvalue weighted by molar-refractivity contribution is -0.337. The van der Waals surface area contributed by atoms with Gasteiger partial charge < -0.3 is 54.7 Å². The standard InChI is InChI=1S/C39H64O12/c1-18(2)28(49-38-36(47)34(45)32(43)30(51-38)17-48-37-35(46)33(44)31(42)29(16-40)50-37)13-6-19(3)25-10-11-26-24-8-7-21-20(4)27(41)12-9-22(21)23(24)14-15-39(25,26)5/h7,18-20,22-26,28-38,40,42-47H,6,8-17H2,1-5H3/t19-,20+,22?,23+,24-,25-,26+,28?,29-,30-,31-,32-,33+,34+,35-,36-,37-,38-,39-/m1/s1. The van der Waals surface area contributed by atoms with Crippen molar-refractivity contribution < 1.29 is 59.5 Å². The van der Waals surface area contributed by atoms with Gasteiger partial charge >= 0.3 is 0 Å². The second-order valence-corrected chi connectivity index (χ2v) is 17.5. The van der Waals surface area contributed by atoms with Crippen LogP contribution in [0.3, 0.4) is 0 Å². The van der Waals surface area contributed by atoms with Gasteiger partial charge in [-0.15, -0.1) is 0 Å². The molecule has 2 saturated heterocycles. The fourth-order valence-electron chi connectivity index (χ4n) is 11.3. The van der Waals surface area contributed by atoms with Crippen molar-refractivity contribution in [3.05, 3.63) is 11.6 Å². The summed E-state index contributed by atoms with van der Waals surface area (Å²) in [6, 6.07) is 0. The number of aliphatic hydroxyl groups excluding tert-OH is 7. The highest BCUT2D eigenvalue weighted by atomic mass is 16.7. The van der Waals surface area contributed by atoms with Gasteiger partial charge in [-0.25, -0.2) is 0 Å². The molecule has 19 atom stereocenters. The van der Waals surface area contributed by atoms with E-state index in [0.29, 0.717) is 41.3 Å². The molecule has 0 aromatic heterocycles. The third-order valence-electron chi connectivity index (χ3n) is 14.4. The zero-order chi connectivity index (χ0) is 36.9. The van der Waals surface area contributed by atoms with E-state index in [2.05, 4.69) is 26.8 Å². The van der Waals surface area contributed by atoms with E-state index < -0.39 is 74.6 Å². The van der Waals surface area contributed by atoms with E-state index in [-0.39, 0.29) is 23.4 Å². The van der Waals surface area contributed by atoms with Crippen molar-refractivity contribution in [3.8, 4) is 0 Å². The summed E-state index contributed by atoms with van der Waals surface area (Å²) in [7, 11) is 0. The van der Waals surface area contributed by atoms with Crippen molar-refractivity contribution in [2.75, 3.05) is 13.2 Å². The number of hydrogen-bond donors (Lipinski definition) is 7. The molecule has 51 heavy (non-hydrogen) atoms. The molecule has 0 amide bonds. The average Bonchev–Trinajstić information content (AvgIpc) is 3.47. The summed E-state index contributed by atoms with van der Waals surface area (Å²) in [6.07, 6.45) is -2.81. The first-order chi connectivity index (χ1) is 24.2. The number of fused-ring (bicyclic) bond motifs is 5. The minimum absolute atomic E-state index is 0.0798. The van der Waals surface area contributed by atoms with Crippen LogP contribution in [0.2, 0.25) is 0 Å². The van der Waals surface area contributed by atoms with E-state index in [1.54, 1.807) is 0 Å². The molecule has 12 heteroatoms. The Morgan fingerprint density at radius 2 is 1.51 bits per heavy atom. The Morgan fingerprint density at radius 3 is 2.20 bits per heavy atom. The average molecular weight is 725 g/mol. The number of Topliss-reactive ketones (excluding diaryl/α,β-unsaturated/α-hetero) is 1. The first kappa shape index (κ1) is 39.7. The number of rotatable bonds is 11. The summed E-state index contributed by atoms with van der Waals surface area (Å²) in [5.41, 5.74) is 1.72. The molecule has 0 spiro atoms. The van der Waals surface area contributed by atoms with Gasteiger partial charge in [0.1, 0.15) is 54.6 Å². The molecule has 0 radical (unpaired) electrons. The molecule has 5 fully saturated rings. The molecule has 12 nitrogen and oxygen atoms in total. The number of hydrogen-bond acceptors (Lipinski definition) is 12. The van der Waals surface area contributed by atoms with Gasteiger partial charge in [-0.2, -0.15) is 0 Å². The van der Waals surface area contributed by atoms with E-state index in [4.69, 9.17) is 18.9 Å². The Balaban J connectivity index is 1.05. The maximum atomic E-state index is 12.5. The van der Waals surface area contributed by atoms with Crippen LogP contribution < -0.4 is 0 Å². The monoisotopic (exact) mass is 724 g/mol. The van der Waals surface area contributed by atoms with Crippen LogP contribution in [0.5, 0.6) is 0 Å². The fourth-order valence-corrected chi connectivity index (χ4v) is 11.3. The molecule has 2 unspecified atom stereocenters. The first-order valence-electron chi connectivity index (χ1n) is 19.7. The zero-order valence-corrected chi connectivity index (χ0v) is 31.0. The number of ketones is 1. The van der Waals surface area contributed by atoms with Crippen LogP contribution in [-0.2, 0) is 23.7 Å². The zero-order valence-electron chi connectivity index (χ0n) is 31.0. The number of aliphatic hydroxyl groups is 7. The summed E-state index contributed by atoms with van der Waals surface area (Å²) in [5.74, 6) is 4.34. The third kappa shape index (κ3) is 7.51. The summed E-state index contributed by atoms with van der Waals surface area (Å²) in [4.78, 5) is 12.5. The summed E-state index contributed by atoms with van der Waals surface area (Å²) >= 11 is 0. The lowest BCUT2D eigenvalue weighted by Gasteiger charge is -2.54.